The number of amides is 1. The number of hydrogen-bond acceptors (Lipinski definition) is 7. The number of anilines is 1. The number of carbonyl (C=O) groups is 3. The van der Waals surface area contributed by atoms with E-state index in [0.717, 1.165) is 0 Å². The number of thiazole rings is 1. The maximum absolute atomic E-state index is 11.7. The van der Waals surface area contributed by atoms with Gasteiger partial charge in [0.15, 0.2) is 10.7 Å². The van der Waals surface area contributed by atoms with Crippen LogP contribution in [0, 0.1) is 0 Å². The monoisotopic (exact) mass is 326 g/mol. The van der Waals surface area contributed by atoms with Crippen molar-refractivity contribution < 1.29 is 23.9 Å². The average Bonchev–Trinajstić information content (AvgIpc) is 2.95. The van der Waals surface area contributed by atoms with Gasteiger partial charge in [0.05, 0.1) is 12.1 Å². The van der Waals surface area contributed by atoms with E-state index in [9.17, 15) is 14.4 Å². The topological polar surface area (TPSA) is 94.6 Å². The minimum Gasteiger partial charge on any atom is -0.454 e. The molecular formula is C14H18N2O5S. The summed E-state index contributed by atoms with van der Waals surface area (Å²) in [5.41, 5.74) is -1.14. The Morgan fingerprint density at radius 2 is 2.23 bits per heavy atom. The second kappa shape index (κ2) is 6.04. The first-order chi connectivity index (χ1) is 10.2. The van der Waals surface area contributed by atoms with Crippen LogP contribution >= 0.6 is 11.3 Å². The number of nitrogens with zero attached hydrogens (tertiary/aromatic N) is 1. The molecule has 2 rings (SSSR count). The summed E-state index contributed by atoms with van der Waals surface area (Å²) in [4.78, 5) is 38.2. The van der Waals surface area contributed by atoms with Gasteiger partial charge in [-0.15, -0.1) is 11.3 Å². The third kappa shape index (κ3) is 3.82. The summed E-state index contributed by atoms with van der Waals surface area (Å²) in [6, 6.07) is 0. The third-order valence-corrected chi connectivity index (χ3v) is 3.90. The smallest absolute Gasteiger partial charge is 0.413 e. The number of rotatable bonds is 4. The van der Waals surface area contributed by atoms with Crippen LogP contribution in [0.1, 0.15) is 45.7 Å². The Balaban J connectivity index is 2.11. The molecule has 0 radical (unpaired) electrons. The van der Waals surface area contributed by atoms with Gasteiger partial charge in [0.2, 0.25) is 0 Å². The molecule has 0 saturated heterocycles. The van der Waals surface area contributed by atoms with Gasteiger partial charge >= 0.3 is 6.09 Å². The summed E-state index contributed by atoms with van der Waals surface area (Å²) in [6.45, 7) is 5.61. The lowest BCUT2D eigenvalue weighted by Crippen LogP contribution is -2.28. The first-order valence-corrected chi connectivity index (χ1v) is 7.71. The highest BCUT2D eigenvalue weighted by atomic mass is 32.1. The van der Waals surface area contributed by atoms with Crippen molar-refractivity contribution >= 4 is 34.8 Å². The van der Waals surface area contributed by atoms with Gasteiger partial charge in [0, 0.05) is 18.2 Å². The number of Topliss-reactive ketones (excluding diaryl/α,β-unsaturated/α-hetero) is 1. The minimum atomic E-state index is -1.01. The maximum Gasteiger partial charge on any atom is 0.413 e. The van der Waals surface area contributed by atoms with Crippen molar-refractivity contribution in [3.05, 3.63) is 11.1 Å². The molecule has 22 heavy (non-hydrogen) atoms. The van der Waals surface area contributed by atoms with Crippen molar-refractivity contribution in [1.82, 2.24) is 4.98 Å². The quantitative estimate of drug-likeness (QED) is 0.855. The van der Waals surface area contributed by atoms with Crippen molar-refractivity contribution in [1.29, 1.82) is 0 Å². The summed E-state index contributed by atoms with van der Waals surface area (Å²) >= 11 is 1.19. The molecule has 1 heterocycles. The molecule has 1 aromatic heterocycles. The average molecular weight is 326 g/mol. The van der Waals surface area contributed by atoms with E-state index < -0.39 is 17.3 Å². The van der Waals surface area contributed by atoms with E-state index in [1.54, 1.807) is 26.2 Å². The fourth-order valence-electron chi connectivity index (χ4n) is 2.24. The number of ketones is 1. The Kier molecular flexibility index (Phi) is 4.50. The van der Waals surface area contributed by atoms with Crippen molar-refractivity contribution in [2.24, 2.45) is 0 Å². The summed E-state index contributed by atoms with van der Waals surface area (Å²) < 4.78 is 10.3. The first-order valence-electron chi connectivity index (χ1n) is 6.83. The molecule has 0 aromatic carbocycles. The van der Waals surface area contributed by atoms with Gasteiger partial charge in [-0.05, 0) is 20.8 Å². The van der Waals surface area contributed by atoms with Crippen LogP contribution in [-0.2, 0) is 24.7 Å². The number of carbonyl (C=O) groups excluding carboxylic acids is 3. The highest BCUT2D eigenvalue weighted by molar-refractivity contribution is 7.13. The number of nitrogens with one attached hydrogen (secondary N) is 1. The molecular weight excluding hydrogens is 308 g/mol. The van der Waals surface area contributed by atoms with Gasteiger partial charge in [0.1, 0.15) is 11.4 Å². The molecule has 1 N–H and O–H groups in total. The highest BCUT2D eigenvalue weighted by Crippen LogP contribution is 2.41. The second-order valence-corrected chi connectivity index (χ2v) is 6.95. The molecule has 1 amide bonds. The van der Waals surface area contributed by atoms with E-state index in [1.165, 1.54) is 11.3 Å². The second-order valence-electron chi connectivity index (χ2n) is 6.09. The molecule has 0 aliphatic heterocycles. The van der Waals surface area contributed by atoms with Gasteiger partial charge in [-0.1, -0.05) is 0 Å². The third-order valence-electron chi connectivity index (χ3n) is 3.14. The summed E-state index contributed by atoms with van der Waals surface area (Å²) in [5, 5.41) is 4.54. The van der Waals surface area contributed by atoms with Gasteiger partial charge < -0.3 is 9.47 Å². The van der Waals surface area contributed by atoms with E-state index >= 15 is 0 Å². The molecule has 0 spiro atoms. The molecule has 7 nitrogen and oxygen atoms in total. The van der Waals surface area contributed by atoms with Crippen LogP contribution in [0.15, 0.2) is 5.38 Å². The van der Waals surface area contributed by atoms with E-state index in [1.807, 2.05) is 0 Å². The molecule has 0 bridgehead atoms. The van der Waals surface area contributed by atoms with Gasteiger partial charge in [-0.3, -0.25) is 14.9 Å². The van der Waals surface area contributed by atoms with Crippen molar-refractivity contribution in [3.8, 4) is 0 Å². The lowest BCUT2D eigenvalue weighted by atomic mass is 9.99. The van der Waals surface area contributed by atoms with E-state index in [4.69, 9.17) is 9.47 Å². The summed E-state index contributed by atoms with van der Waals surface area (Å²) in [7, 11) is 0. The molecule has 1 unspecified atom stereocenters. The first kappa shape index (κ1) is 16.4. The van der Waals surface area contributed by atoms with E-state index in [2.05, 4.69) is 10.3 Å². The number of hydrogen-bond donors (Lipinski definition) is 1. The Hall–Kier alpha value is -1.96. The Bertz CT molecular complexity index is 592. The van der Waals surface area contributed by atoms with Gasteiger partial charge in [-0.25, -0.2) is 9.78 Å². The lowest BCUT2D eigenvalue weighted by Gasteiger charge is -2.23. The van der Waals surface area contributed by atoms with Gasteiger partial charge in [-0.2, -0.15) is 0 Å². The number of aromatic nitrogens is 1. The highest BCUT2D eigenvalue weighted by Gasteiger charge is 2.44. The SMILES string of the molecule is CC(C)(C)OC(=O)Nc1nc(C2(OC=O)CCC(=O)C2)cs1. The Labute approximate surface area is 132 Å². The zero-order chi connectivity index (χ0) is 16.4. The van der Waals surface area contributed by atoms with E-state index in [-0.39, 0.29) is 12.2 Å². The van der Waals surface area contributed by atoms with Crippen molar-refractivity contribution in [3.63, 3.8) is 0 Å². The Morgan fingerprint density at radius 3 is 2.77 bits per heavy atom. The summed E-state index contributed by atoms with van der Waals surface area (Å²) in [5.74, 6) is 0.0245. The zero-order valence-electron chi connectivity index (χ0n) is 12.7. The summed E-state index contributed by atoms with van der Waals surface area (Å²) in [6.07, 6.45) is 0.253. The molecule has 1 atom stereocenters. The number of ether oxygens (including phenoxy) is 2. The standard InChI is InChI=1S/C14H18N2O5S/c1-13(2,3)21-12(19)16-11-15-10(7-22-11)14(20-8-17)5-4-9(18)6-14/h7-8H,4-6H2,1-3H3,(H,15,16,19). The molecule has 8 heteroatoms. The van der Waals surface area contributed by atoms with Crippen molar-refractivity contribution in [2.45, 2.75) is 51.2 Å². The molecule has 1 aromatic rings. The lowest BCUT2D eigenvalue weighted by molar-refractivity contribution is -0.145. The van der Waals surface area contributed by atoms with Crippen LogP contribution in [0.4, 0.5) is 9.93 Å². The fraction of sp³-hybridized carbons (Fsp3) is 0.571. The van der Waals surface area contributed by atoms with Crippen LogP contribution in [0.5, 0.6) is 0 Å². The zero-order valence-corrected chi connectivity index (χ0v) is 13.5. The molecule has 1 saturated carbocycles. The molecule has 1 aliphatic carbocycles. The fourth-order valence-corrected chi connectivity index (χ4v) is 3.02. The van der Waals surface area contributed by atoms with Crippen LogP contribution in [0.25, 0.3) is 0 Å². The van der Waals surface area contributed by atoms with Crippen LogP contribution < -0.4 is 5.32 Å². The Morgan fingerprint density at radius 1 is 1.50 bits per heavy atom. The van der Waals surface area contributed by atoms with Crippen LogP contribution in [0.3, 0.4) is 0 Å². The normalized spacial score (nSPS) is 21.5. The molecule has 1 aliphatic rings. The molecule has 120 valence electrons. The van der Waals surface area contributed by atoms with Crippen molar-refractivity contribution in [2.75, 3.05) is 5.32 Å². The van der Waals surface area contributed by atoms with Crippen LogP contribution in [-0.4, -0.2) is 28.9 Å². The minimum absolute atomic E-state index is 0.0245. The molecule has 1 fully saturated rings. The predicted molar refractivity (Wildman–Crippen MR) is 79.7 cm³/mol. The maximum atomic E-state index is 11.7. The van der Waals surface area contributed by atoms with E-state index in [0.29, 0.717) is 30.1 Å². The largest absolute Gasteiger partial charge is 0.454 e. The van der Waals surface area contributed by atoms with Crippen LogP contribution in [0.2, 0.25) is 0 Å². The predicted octanol–water partition coefficient (Wildman–Crippen LogP) is 2.61. The van der Waals surface area contributed by atoms with Gasteiger partial charge in [0.25, 0.3) is 6.47 Å².